The van der Waals surface area contributed by atoms with Crippen LogP contribution in [-0.2, 0) is 23.8 Å². The first kappa shape index (κ1) is 14.9. The van der Waals surface area contributed by atoms with Crippen LogP contribution in [0.15, 0.2) is 0 Å². The summed E-state index contributed by atoms with van der Waals surface area (Å²) in [5.41, 5.74) is 0. The minimum atomic E-state index is -0.458. The van der Waals surface area contributed by atoms with Crippen LogP contribution < -0.4 is 5.32 Å². The molecule has 0 spiro atoms. The Kier molecular flexibility index (Phi) is 6.07. The predicted octanol–water partition coefficient (Wildman–Crippen LogP) is 0.248. The second-order valence-electron chi connectivity index (χ2n) is 4.32. The summed E-state index contributed by atoms with van der Waals surface area (Å²) in [6.45, 7) is 3.60. The first-order chi connectivity index (χ1) is 8.56. The van der Waals surface area contributed by atoms with Gasteiger partial charge >= 0.3 is 5.97 Å². The molecular formula is C12H21NO5. The molecule has 0 aliphatic carbocycles. The van der Waals surface area contributed by atoms with Crippen LogP contribution in [-0.4, -0.2) is 50.4 Å². The van der Waals surface area contributed by atoms with Gasteiger partial charge in [-0.25, -0.2) is 4.79 Å². The van der Waals surface area contributed by atoms with Crippen LogP contribution in [0.5, 0.6) is 0 Å². The molecule has 6 heteroatoms. The summed E-state index contributed by atoms with van der Waals surface area (Å²) in [7, 11) is 1.51. The van der Waals surface area contributed by atoms with Gasteiger partial charge < -0.3 is 19.5 Å². The molecule has 0 aromatic carbocycles. The van der Waals surface area contributed by atoms with Gasteiger partial charge in [-0.05, 0) is 13.3 Å². The van der Waals surface area contributed by atoms with Crippen molar-refractivity contribution < 1.29 is 23.8 Å². The maximum Gasteiger partial charge on any atom is 0.332 e. The Morgan fingerprint density at radius 2 is 2.11 bits per heavy atom. The van der Waals surface area contributed by atoms with Crippen LogP contribution in [0.1, 0.15) is 26.7 Å². The van der Waals surface area contributed by atoms with E-state index in [1.54, 1.807) is 0 Å². The molecule has 1 aliphatic rings. The number of likely N-dealkylation sites (N-methyl/N-ethyl adjacent to an activating group) is 1. The fraction of sp³-hybridized carbons (Fsp3) is 0.833. The largest absolute Gasteiger partial charge is 0.458 e. The SMILES string of the molecule is CC[C@H]1O[C@@H](C)CC1OC(=O)COCC(=O)NC. The standard InChI is InChI=1S/C12H21NO5/c1-4-9-10(5-8(2)17-9)18-12(15)7-16-6-11(14)13-3/h8-10H,4-7H2,1-3H3,(H,13,14)/t8-,9+,10?/m0/s1. The van der Waals surface area contributed by atoms with Gasteiger partial charge in [-0.2, -0.15) is 0 Å². The van der Waals surface area contributed by atoms with Crippen molar-refractivity contribution in [1.29, 1.82) is 0 Å². The Balaban J connectivity index is 2.25. The molecule has 1 rings (SSSR count). The number of carbonyl (C=O) groups excluding carboxylic acids is 2. The molecule has 104 valence electrons. The molecule has 0 bridgehead atoms. The zero-order chi connectivity index (χ0) is 13.5. The summed E-state index contributed by atoms with van der Waals surface area (Å²) in [5.74, 6) is -0.730. The van der Waals surface area contributed by atoms with Crippen molar-refractivity contribution in [2.75, 3.05) is 20.3 Å². The highest BCUT2D eigenvalue weighted by Crippen LogP contribution is 2.25. The Morgan fingerprint density at radius 3 is 2.72 bits per heavy atom. The summed E-state index contributed by atoms with van der Waals surface area (Å²) in [6, 6.07) is 0. The van der Waals surface area contributed by atoms with Crippen LogP contribution in [0, 0.1) is 0 Å². The molecule has 1 unspecified atom stereocenters. The molecule has 1 amide bonds. The summed E-state index contributed by atoms with van der Waals surface area (Å²) in [6.07, 6.45) is 1.38. The topological polar surface area (TPSA) is 73.9 Å². The summed E-state index contributed by atoms with van der Waals surface area (Å²) in [5, 5.41) is 2.40. The Bertz CT molecular complexity index is 294. The predicted molar refractivity (Wildman–Crippen MR) is 64.0 cm³/mol. The molecule has 1 N–H and O–H groups in total. The van der Waals surface area contributed by atoms with Crippen molar-refractivity contribution in [3.05, 3.63) is 0 Å². The average Bonchev–Trinajstić information content (AvgIpc) is 2.69. The fourth-order valence-electron chi connectivity index (χ4n) is 1.91. The lowest BCUT2D eigenvalue weighted by atomic mass is 10.1. The van der Waals surface area contributed by atoms with E-state index in [4.69, 9.17) is 14.2 Å². The van der Waals surface area contributed by atoms with Crippen molar-refractivity contribution >= 4 is 11.9 Å². The molecule has 0 aromatic rings. The highest BCUT2D eigenvalue weighted by Gasteiger charge is 2.34. The fourth-order valence-corrected chi connectivity index (χ4v) is 1.91. The smallest absolute Gasteiger partial charge is 0.332 e. The van der Waals surface area contributed by atoms with E-state index in [1.807, 2.05) is 13.8 Å². The number of hydrogen-bond acceptors (Lipinski definition) is 5. The van der Waals surface area contributed by atoms with E-state index in [9.17, 15) is 9.59 Å². The zero-order valence-corrected chi connectivity index (χ0v) is 11.1. The molecule has 3 atom stereocenters. The number of esters is 1. The molecule has 0 radical (unpaired) electrons. The van der Waals surface area contributed by atoms with Gasteiger partial charge in [-0.15, -0.1) is 0 Å². The number of amides is 1. The van der Waals surface area contributed by atoms with Gasteiger partial charge in [-0.3, -0.25) is 4.79 Å². The average molecular weight is 259 g/mol. The quantitative estimate of drug-likeness (QED) is 0.692. The minimum absolute atomic E-state index is 0.0390. The third-order valence-electron chi connectivity index (χ3n) is 2.80. The van der Waals surface area contributed by atoms with Crippen molar-refractivity contribution in [2.24, 2.45) is 0 Å². The van der Waals surface area contributed by atoms with Crippen LogP contribution in [0.2, 0.25) is 0 Å². The lowest BCUT2D eigenvalue weighted by molar-refractivity contribution is -0.157. The summed E-state index contributed by atoms with van der Waals surface area (Å²) >= 11 is 0. The van der Waals surface area contributed by atoms with E-state index >= 15 is 0 Å². The molecule has 6 nitrogen and oxygen atoms in total. The maximum atomic E-state index is 11.5. The molecule has 0 aromatic heterocycles. The Hall–Kier alpha value is -1.14. The second kappa shape index (κ2) is 7.33. The van der Waals surface area contributed by atoms with E-state index in [2.05, 4.69) is 5.32 Å². The van der Waals surface area contributed by atoms with Crippen molar-refractivity contribution in [2.45, 2.75) is 45.0 Å². The number of hydrogen-bond donors (Lipinski definition) is 1. The highest BCUT2D eigenvalue weighted by atomic mass is 16.6. The molecule has 1 saturated heterocycles. The van der Waals surface area contributed by atoms with Crippen LogP contribution in [0.4, 0.5) is 0 Å². The third kappa shape index (κ3) is 4.62. The monoisotopic (exact) mass is 259 g/mol. The minimum Gasteiger partial charge on any atom is -0.458 e. The van der Waals surface area contributed by atoms with Gasteiger partial charge in [0.25, 0.3) is 0 Å². The molecular weight excluding hydrogens is 238 g/mol. The Morgan fingerprint density at radius 1 is 1.39 bits per heavy atom. The van der Waals surface area contributed by atoms with Gasteiger partial charge in [-0.1, -0.05) is 6.92 Å². The molecule has 0 saturated carbocycles. The normalized spacial score (nSPS) is 26.9. The van der Waals surface area contributed by atoms with Crippen LogP contribution in [0.3, 0.4) is 0 Å². The van der Waals surface area contributed by atoms with Gasteiger partial charge in [0.1, 0.15) is 19.3 Å². The number of rotatable bonds is 6. The van der Waals surface area contributed by atoms with Crippen molar-refractivity contribution in [3.63, 3.8) is 0 Å². The lowest BCUT2D eigenvalue weighted by Crippen LogP contribution is -2.30. The molecule has 1 fully saturated rings. The van der Waals surface area contributed by atoms with Gasteiger partial charge in [0.2, 0.25) is 5.91 Å². The molecule has 1 aliphatic heterocycles. The lowest BCUT2D eigenvalue weighted by Gasteiger charge is -2.17. The number of carbonyl (C=O) groups is 2. The van der Waals surface area contributed by atoms with E-state index < -0.39 is 5.97 Å². The Labute approximate surface area is 107 Å². The van der Waals surface area contributed by atoms with Crippen LogP contribution >= 0.6 is 0 Å². The first-order valence-corrected chi connectivity index (χ1v) is 6.20. The van der Waals surface area contributed by atoms with Gasteiger partial charge in [0.15, 0.2) is 0 Å². The van der Waals surface area contributed by atoms with Crippen molar-refractivity contribution in [3.8, 4) is 0 Å². The maximum absolute atomic E-state index is 11.5. The van der Waals surface area contributed by atoms with E-state index in [1.165, 1.54) is 7.05 Å². The molecule has 18 heavy (non-hydrogen) atoms. The van der Waals surface area contributed by atoms with Gasteiger partial charge in [0, 0.05) is 13.5 Å². The van der Waals surface area contributed by atoms with E-state index in [0.717, 1.165) is 6.42 Å². The summed E-state index contributed by atoms with van der Waals surface area (Å²) in [4.78, 5) is 22.4. The number of ether oxygens (including phenoxy) is 3. The van der Waals surface area contributed by atoms with Crippen LogP contribution in [0.25, 0.3) is 0 Å². The van der Waals surface area contributed by atoms with Gasteiger partial charge in [0.05, 0.1) is 12.2 Å². The van der Waals surface area contributed by atoms with E-state index in [-0.39, 0.29) is 37.4 Å². The van der Waals surface area contributed by atoms with Crippen molar-refractivity contribution in [1.82, 2.24) is 5.32 Å². The van der Waals surface area contributed by atoms with E-state index in [0.29, 0.717) is 6.42 Å². The summed E-state index contributed by atoms with van der Waals surface area (Å²) < 4.78 is 15.8. The first-order valence-electron chi connectivity index (χ1n) is 6.20. The zero-order valence-electron chi connectivity index (χ0n) is 11.1. The molecule has 1 heterocycles. The number of nitrogens with one attached hydrogen (secondary N) is 1. The third-order valence-corrected chi connectivity index (χ3v) is 2.80. The second-order valence-corrected chi connectivity index (χ2v) is 4.32. The highest BCUT2D eigenvalue weighted by molar-refractivity contribution is 5.77.